The largest absolute Gasteiger partial charge is 0.494 e. The van der Waals surface area contributed by atoms with Crippen LogP contribution in [-0.2, 0) is 0 Å². The number of hydrogen-bond acceptors (Lipinski definition) is 3. The minimum Gasteiger partial charge on any atom is -0.494 e. The van der Waals surface area contributed by atoms with Crippen molar-refractivity contribution in [2.24, 2.45) is 0 Å². The highest BCUT2D eigenvalue weighted by atomic mass is 31.1. The van der Waals surface area contributed by atoms with E-state index in [9.17, 15) is 5.11 Å². The Bertz CT molecular complexity index is 841. The average Bonchev–Trinajstić information content (AvgIpc) is 2.75. The fourth-order valence-corrected chi connectivity index (χ4v) is 5.35. The van der Waals surface area contributed by atoms with Gasteiger partial charge in [0.2, 0.25) is 0 Å². The summed E-state index contributed by atoms with van der Waals surface area (Å²) >= 11 is 0. The van der Waals surface area contributed by atoms with Crippen LogP contribution < -0.4 is 20.7 Å². The lowest BCUT2D eigenvalue weighted by molar-refractivity contribution is 0.139. The molecule has 2 N–H and O–H groups in total. The summed E-state index contributed by atoms with van der Waals surface area (Å²) in [7, 11) is -0.606. The second-order valence-corrected chi connectivity index (χ2v) is 8.91. The van der Waals surface area contributed by atoms with Crippen LogP contribution in [0.5, 0.6) is 5.75 Å². The molecule has 0 fully saturated rings. The monoisotopic (exact) mass is 393 g/mol. The maximum atomic E-state index is 10.7. The molecule has 28 heavy (non-hydrogen) atoms. The lowest BCUT2D eigenvalue weighted by atomic mass is 10.0. The summed E-state index contributed by atoms with van der Waals surface area (Å²) in [5.74, 6) is 0.904. The molecule has 3 nitrogen and oxygen atoms in total. The Morgan fingerprint density at radius 1 is 0.893 bits per heavy atom. The molecule has 0 aliphatic carbocycles. The van der Waals surface area contributed by atoms with Crippen molar-refractivity contribution in [3.05, 3.63) is 90.5 Å². The molecule has 3 aromatic carbocycles. The maximum Gasteiger partial charge on any atom is 0.119 e. The highest BCUT2D eigenvalue weighted by Crippen LogP contribution is 2.34. The van der Waals surface area contributed by atoms with E-state index < -0.39 is 14.0 Å². The van der Waals surface area contributed by atoms with Crippen molar-refractivity contribution >= 4 is 18.5 Å². The molecule has 0 saturated heterocycles. The number of hydrogen-bond donors (Lipinski definition) is 2. The van der Waals surface area contributed by atoms with E-state index in [-0.39, 0.29) is 6.04 Å². The smallest absolute Gasteiger partial charge is 0.119 e. The van der Waals surface area contributed by atoms with E-state index in [1.165, 1.54) is 10.6 Å². The van der Waals surface area contributed by atoms with E-state index in [4.69, 9.17) is 4.74 Å². The first-order chi connectivity index (χ1) is 13.7. The van der Waals surface area contributed by atoms with Crippen molar-refractivity contribution in [2.75, 3.05) is 12.9 Å². The Morgan fingerprint density at radius 3 is 2.21 bits per heavy atom. The van der Waals surface area contributed by atoms with Crippen molar-refractivity contribution in [3.8, 4) is 5.75 Å². The number of ether oxygens (including phenoxy) is 1. The molecule has 0 aromatic heterocycles. The first kappa shape index (κ1) is 20.5. The van der Waals surface area contributed by atoms with E-state index in [0.717, 1.165) is 17.6 Å². The molecule has 0 saturated carbocycles. The van der Waals surface area contributed by atoms with Gasteiger partial charge in [0.25, 0.3) is 0 Å². The van der Waals surface area contributed by atoms with E-state index in [2.05, 4.69) is 47.8 Å². The summed E-state index contributed by atoms with van der Waals surface area (Å²) in [6, 6.07) is 28.7. The Labute approximate surface area is 169 Å². The third-order valence-electron chi connectivity index (χ3n) is 4.69. The highest BCUT2D eigenvalue weighted by molar-refractivity contribution is 7.72. The molecule has 146 valence electrons. The molecule has 0 aliphatic heterocycles. The third-order valence-corrected chi connectivity index (χ3v) is 7.02. The highest BCUT2D eigenvalue weighted by Gasteiger charge is 2.19. The van der Waals surface area contributed by atoms with Gasteiger partial charge in [-0.25, -0.2) is 0 Å². The van der Waals surface area contributed by atoms with Crippen molar-refractivity contribution in [1.82, 2.24) is 5.32 Å². The Balaban J connectivity index is 1.77. The second-order valence-electron chi connectivity index (χ2n) is 6.70. The van der Waals surface area contributed by atoms with Gasteiger partial charge in [0, 0.05) is 12.3 Å². The third kappa shape index (κ3) is 5.42. The zero-order valence-electron chi connectivity index (χ0n) is 16.5. The van der Waals surface area contributed by atoms with Crippen molar-refractivity contribution in [1.29, 1.82) is 0 Å². The van der Waals surface area contributed by atoms with Gasteiger partial charge < -0.3 is 15.2 Å². The molecule has 0 aliphatic rings. The van der Waals surface area contributed by atoms with Crippen LogP contribution >= 0.6 is 7.92 Å². The molecular weight excluding hydrogens is 365 g/mol. The van der Waals surface area contributed by atoms with Crippen LogP contribution in [0.1, 0.15) is 25.5 Å². The fraction of sp³-hybridized carbons (Fsp3) is 0.250. The predicted molar refractivity (Wildman–Crippen MR) is 119 cm³/mol. The molecule has 3 rings (SSSR count). The minimum atomic E-state index is -0.606. The van der Waals surface area contributed by atoms with Crippen LogP contribution in [0.25, 0.3) is 0 Å². The van der Waals surface area contributed by atoms with Crippen LogP contribution in [0.2, 0.25) is 0 Å². The van der Waals surface area contributed by atoms with Crippen molar-refractivity contribution in [3.63, 3.8) is 0 Å². The molecule has 1 unspecified atom stereocenters. The van der Waals surface area contributed by atoms with Crippen LogP contribution in [0, 0.1) is 0 Å². The summed E-state index contributed by atoms with van der Waals surface area (Å²) < 4.78 is 5.70. The second kappa shape index (κ2) is 10.4. The lowest BCUT2D eigenvalue weighted by Gasteiger charge is -2.25. The standard InChI is InChI=1S/C24H28NO2P/c1-3-27-21-13-10-16-23(17-21)28(22-14-8-5-9-15-22)18-25-19(2)24(26)20-11-6-4-7-12-20/h4-17,19,24-26H,3,18H2,1-2H3/t19-,24-,28?/m0/s1. The molecule has 3 aromatic rings. The van der Waals surface area contributed by atoms with Crippen LogP contribution in [-0.4, -0.2) is 24.0 Å². The molecule has 0 spiro atoms. The molecule has 0 radical (unpaired) electrons. The average molecular weight is 393 g/mol. The SMILES string of the molecule is CCOc1cccc(P(CN[C@@H](C)[C@H](O)c2ccccc2)c2ccccc2)c1. The molecule has 0 amide bonds. The molecule has 0 heterocycles. The predicted octanol–water partition coefficient (Wildman–Crippen LogP) is 4.19. The summed E-state index contributed by atoms with van der Waals surface area (Å²) in [5, 5.41) is 16.8. The topological polar surface area (TPSA) is 41.5 Å². The first-order valence-corrected chi connectivity index (χ1v) is 11.2. The fourth-order valence-electron chi connectivity index (χ4n) is 3.13. The van der Waals surface area contributed by atoms with Crippen molar-refractivity contribution < 1.29 is 9.84 Å². The normalized spacial score (nSPS) is 14.2. The molecular formula is C24H28NO2P. The number of aliphatic hydroxyl groups is 1. The summed E-state index contributed by atoms with van der Waals surface area (Å²) in [6.07, 6.45) is 0.253. The Hall–Kier alpha value is -2.19. The van der Waals surface area contributed by atoms with Gasteiger partial charge in [0.15, 0.2) is 0 Å². The molecule has 4 heteroatoms. The minimum absolute atomic E-state index is 0.0498. The Kier molecular flexibility index (Phi) is 7.62. The van der Waals surface area contributed by atoms with Gasteiger partial charge in [-0.2, -0.15) is 0 Å². The quantitative estimate of drug-likeness (QED) is 0.536. The molecule has 0 bridgehead atoms. The van der Waals surface area contributed by atoms with Gasteiger partial charge in [-0.1, -0.05) is 72.8 Å². The zero-order valence-corrected chi connectivity index (χ0v) is 17.3. The van der Waals surface area contributed by atoms with E-state index in [0.29, 0.717) is 6.61 Å². The van der Waals surface area contributed by atoms with Gasteiger partial charge in [0.1, 0.15) is 5.75 Å². The number of nitrogens with one attached hydrogen (secondary N) is 1. The van der Waals surface area contributed by atoms with Gasteiger partial charge >= 0.3 is 0 Å². The van der Waals surface area contributed by atoms with Gasteiger partial charge in [0.05, 0.1) is 12.7 Å². The van der Waals surface area contributed by atoms with E-state index in [1.807, 2.05) is 56.3 Å². The number of aliphatic hydroxyl groups excluding tert-OH is 1. The van der Waals surface area contributed by atoms with Crippen LogP contribution in [0.15, 0.2) is 84.9 Å². The summed E-state index contributed by atoms with van der Waals surface area (Å²) in [6.45, 7) is 4.69. The van der Waals surface area contributed by atoms with Crippen LogP contribution in [0.4, 0.5) is 0 Å². The lowest BCUT2D eigenvalue weighted by Crippen LogP contribution is -2.34. The van der Waals surface area contributed by atoms with Gasteiger partial charge in [-0.15, -0.1) is 0 Å². The maximum absolute atomic E-state index is 10.7. The van der Waals surface area contributed by atoms with E-state index in [1.54, 1.807) is 0 Å². The first-order valence-electron chi connectivity index (χ1n) is 9.71. The number of benzene rings is 3. The van der Waals surface area contributed by atoms with Gasteiger partial charge in [-0.3, -0.25) is 0 Å². The summed E-state index contributed by atoms with van der Waals surface area (Å²) in [5.41, 5.74) is 0.935. The van der Waals surface area contributed by atoms with Gasteiger partial charge in [-0.05, 0) is 50.1 Å². The van der Waals surface area contributed by atoms with Crippen LogP contribution in [0.3, 0.4) is 0 Å². The number of rotatable bonds is 9. The Morgan fingerprint density at radius 2 is 1.54 bits per heavy atom. The summed E-state index contributed by atoms with van der Waals surface area (Å²) in [4.78, 5) is 0. The van der Waals surface area contributed by atoms with E-state index >= 15 is 0 Å². The van der Waals surface area contributed by atoms with Crippen molar-refractivity contribution in [2.45, 2.75) is 26.0 Å². The molecule has 3 atom stereocenters. The zero-order chi connectivity index (χ0) is 19.8.